The normalized spacial score (nSPS) is 19.5. The molecule has 1 atom stereocenters. The first kappa shape index (κ1) is 13.8. The molecular formula is C16H19N3O2. The molecule has 0 aliphatic carbocycles. The van der Waals surface area contributed by atoms with Gasteiger partial charge < -0.3 is 10.1 Å². The number of imidazole rings is 1. The Kier molecular flexibility index (Phi) is 4.01. The molecular weight excluding hydrogens is 266 g/mol. The highest BCUT2D eigenvalue weighted by molar-refractivity contribution is 5.87. The predicted molar refractivity (Wildman–Crippen MR) is 79.0 cm³/mol. The molecule has 1 fully saturated rings. The van der Waals surface area contributed by atoms with Crippen molar-refractivity contribution in [2.24, 2.45) is 0 Å². The number of benzene rings is 1. The lowest BCUT2D eigenvalue weighted by atomic mass is 10.00. The fraction of sp³-hybridized carbons (Fsp3) is 0.375. The van der Waals surface area contributed by atoms with Gasteiger partial charge in [0.1, 0.15) is 5.82 Å². The summed E-state index contributed by atoms with van der Waals surface area (Å²) in [6.45, 7) is 1.77. The quantitative estimate of drug-likeness (QED) is 0.906. The van der Waals surface area contributed by atoms with E-state index in [4.69, 9.17) is 5.11 Å². The Morgan fingerprint density at radius 1 is 1.43 bits per heavy atom. The van der Waals surface area contributed by atoms with Gasteiger partial charge in [-0.3, -0.25) is 4.90 Å². The first-order valence-electron chi connectivity index (χ1n) is 7.29. The van der Waals surface area contributed by atoms with E-state index in [2.05, 4.69) is 14.9 Å². The van der Waals surface area contributed by atoms with Crippen molar-refractivity contribution in [3.8, 4) is 0 Å². The molecule has 1 aromatic heterocycles. The minimum absolute atomic E-state index is 0.294. The average molecular weight is 285 g/mol. The molecule has 2 heterocycles. The summed E-state index contributed by atoms with van der Waals surface area (Å²) in [7, 11) is 0. The van der Waals surface area contributed by atoms with E-state index in [0.29, 0.717) is 11.6 Å². The number of piperidine rings is 1. The third kappa shape index (κ3) is 3.13. The van der Waals surface area contributed by atoms with Crippen molar-refractivity contribution < 1.29 is 9.90 Å². The molecule has 0 amide bonds. The van der Waals surface area contributed by atoms with Gasteiger partial charge in [-0.15, -0.1) is 0 Å². The minimum atomic E-state index is -0.877. The maximum Gasteiger partial charge on any atom is 0.335 e. The maximum atomic E-state index is 11.1. The largest absolute Gasteiger partial charge is 0.478 e. The number of likely N-dealkylation sites (tertiary alicyclic amines) is 1. The van der Waals surface area contributed by atoms with E-state index in [9.17, 15) is 4.79 Å². The molecule has 0 radical (unpaired) electrons. The molecule has 2 aromatic rings. The van der Waals surface area contributed by atoms with E-state index in [0.717, 1.165) is 30.9 Å². The van der Waals surface area contributed by atoms with Crippen molar-refractivity contribution in [1.29, 1.82) is 0 Å². The van der Waals surface area contributed by atoms with Crippen molar-refractivity contribution in [1.82, 2.24) is 14.9 Å². The molecule has 1 saturated heterocycles. The lowest BCUT2D eigenvalue weighted by molar-refractivity contribution is 0.0696. The smallest absolute Gasteiger partial charge is 0.335 e. The molecule has 1 aliphatic heterocycles. The van der Waals surface area contributed by atoms with Crippen LogP contribution in [0, 0.1) is 0 Å². The number of rotatable bonds is 4. The Balaban J connectivity index is 1.78. The van der Waals surface area contributed by atoms with Crippen LogP contribution in [0.2, 0.25) is 0 Å². The monoisotopic (exact) mass is 285 g/mol. The molecule has 5 nitrogen and oxygen atoms in total. The lowest BCUT2D eigenvalue weighted by Gasteiger charge is -2.34. The summed E-state index contributed by atoms with van der Waals surface area (Å²) < 4.78 is 0. The van der Waals surface area contributed by atoms with Crippen LogP contribution in [0.25, 0.3) is 0 Å². The first-order valence-corrected chi connectivity index (χ1v) is 7.29. The van der Waals surface area contributed by atoms with Crippen LogP contribution in [-0.2, 0) is 6.54 Å². The zero-order chi connectivity index (χ0) is 14.7. The van der Waals surface area contributed by atoms with Crippen LogP contribution in [0.5, 0.6) is 0 Å². The lowest BCUT2D eigenvalue weighted by Crippen LogP contribution is -2.33. The van der Waals surface area contributed by atoms with Gasteiger partial charge in [-0.1, -0.05) is 18.6 Å². The molecule has 0 bridgehead atoms. The number of aromatic amines is 1. The summed E-state index contributed by atoms with van der Waals surface area (Å²) >= 11 is 0. The number of hydrogen-bond donors (Lipinski definition) is 2. The number of aromatic nitrogens is 2. The molecule has 2 N–H and O–H groups in total. The van der Waals surface area contributed by atoms with Crippen LogP contribution in [0.3, 0.4) is 0 Å². The van der Waals surface area contributed by atoms with Crippen molar-refractivity contribution in [2.45, 2.75) is 31.8 Å². The molecule has 0 saturated carbocycles. The molecule has 1 aliphatic rings. The van der Waals surface area contributed by atoms with E-state index < -0.39 is 5.97 Å². The number of H-pyrrole nitrogens is 1. The number of hydrogen-bond acceptors (Lipinski definition) is 3. The molecule has 1 aromatic carbocycles. The Labute approximate surface area is 123 Å². The number of nitrogens with zero attached hydrogens (tertiary/aromatic N) is 2. The molecule has 5 heteroatoms. The van der Waals surface area contributed by atoms with E-state index in [1.807, 2.05) is 18.3 Å². The highest BCUT2D eigenvalue weighted by Crippen LogP contribution is 2.30. The summed E-state index contributed by atoms with van der Waals surface area (Å²) in [5, 5.41) is 9.09. The van der Waals surface area contributed by atoms with Crippen LogP contribution in [-0.4, -0.2) is 32.5 Å². The fourth-order valence-corrected chi connectivity index (χ4v) is 2.99. The number of carbonyl (C=O) groups is 1. The average Bonchev–Trinajstić information content (AvgIpc) is 3.02. The third-order valence-electron chi connectivity index (χ3n) is 4.01. The van der Waals surface area contributed by atoms with Gasteiger partial charge in [0.2, 0.25) is 0 Å². The van der Waals surface area contributed by atoms with Gasteiger partial charge in [-0.05, 0) is 37.1 Å². The second-order valence-corrected chi connectivity index (χ2v) is 5.46. The van der Waals surface area contributed by atoms with E-state index in [1.54, 1.807) is 18.3 Å². The summed E-state index contributed by atoms with van der Waals surface area (Å²) in [4.78, 5) is 21.0. The summed E-state index contributed by atoms with van der Waals surface area (Å²) in [6, 6.07) is 7.48. The van der Waals surface area contributed by atoms with Gasteiger partial charge in [0.15, 0.2) is 0 Å². The second-order valence-electron chi connectivity index (χ2n) is 5.46. The molecule has 110 valence electrons. The summed E-state index contributed by atoms with van der Waals surface area (Å²) in [5.41, 5.74) is 1.38. The standard InChI is InChI=1S/C16H19N3O2/c20-16(21)13-5-3-4-12(10-13)11-19-9-2-1-6-14(19)15-17-7-8-18-15/h3-5,7-8,10,14H,1-2,6,9,11H2,(H,17,18)(H,20,21). The maximum absolute atomic E-state index is 11.1. The van der Waals surface area contributed by atoms with Crippen molar-refractivity contribution in [3.63, 3.8) is 0 Å². The van der Waals surface area contributed by atoms with Crippen LogP contribution in [0.15, 0.2) is 36.7 Å². The Morgan fingerprint density at radius 2 is 2.33 bits per heavy atom. The summed E-state index contributed by atoms with van der Waals surface area (Å²) in [5.74, 6) is 0.127. The van der Waals surface area contributed by atoms with Crippen molar-refractivity contribution in [3.05, 3.63) is 53.6 Å². The van der Waals surface area contributed by atoms with Gasteiger partial charge >= 0.3 is 5.97 Å². The molecule has 0 spiro atoms. The van der Waals surface area contributed by atoms with Gasteiger partial charge in [0, 0.05) is 18.9 Å². The van der Waals surface area contributed by atoms with Gasteiger partial charge in [0.05, 0.1) is 11.6 Å². The molecule has 21 heavy (non-hydrogen) atoms. The number of aromatic carboxylic acids is 1. The van der Waals surface area contributed by atoms with Crippen LogP contribution >= 0.6 is 0 Å². The van der Waals surface area contributed by atoms with Gasteiger partial charge in [-0.2, -0.15) is 0 Å². The fourth-order valence-electron chi connectivity index (χ4n) is 2.99. The van der Waals surface area contributed by atoms with Crippen LogP contribution < -0.4 is 0 Å². The number of nitrogens with one attached hydrogen (secondary N) is 1. The van der Waals surface area contributed by atoms with E-state index in [-0.39, 0.29) is 0 Å². The highest BCUT2D eigenvalue weighted by atomic mass is 16.4. The van der Waals surface area contributed by atoms with Crippen LogP contribution in [0.1, 0.15) is 47.1 Å². The Morgan fingerprint density at radius 3 is 3.10 bits per heavy atom. The molecule has 1 unspecified atom stereocenters. The van der Waals surface area contributed by atoms with Gasteiger partial charge in [0.25, 0.3) is 0 Å². The highest BCUT2D eigenvalue weighted by Gasteiger charge is 2.25. The van der Waals surface area contributed by atoms with Crippen molar-refractivity contribution in [2.75, 3.05) is 6.54 Å². The Bertz CT molecular complexity index is 610. The van der Waals surface area contributed by atoms with E-state index in [1.165, 1.54) is 12.8 Å². The second kappa shape index (κ2) is 6.10. The summed E-state index contributed by atoms with van der Waals surface area (Å²) in [6.07, 6.45) is 7.11. The van der Waals surface area contributed by atoms with E-state index >= 15 is 0 Å². The Hall–Kier alpha value is -2.14. The van der Waals surface area contributed by atoms with Crippen LogP contribution in [0.4, 0.5) is 0 Å². The van der Waals surface area contributed by atoms with Gasteiger partial charge in [-0.25, -0.2) is 9.78 Å². The zero-order valence-electron chi connectivity index (χ0n) is 11.8. The SMILES string of the molecule is O=C(O)c1cccc(CN2CCCCC2c2ncc[nH]2)c1. The minimum Gasteiger partial charge on any atom is -0.478 e. The topological polar surface area (TPSA) is 69.2 Å². The zero-order valence-corrected chi connectivity index (χ0v) is 11.8. The predicted octanol–water partition coefficient (Wildman–Crippen LogP) is 2.84. The first-order chi connectivity index (χ1) is 10.2. The molecule has 3 rings (SSSR count). The number of carboxylic acid groups (broad SMARTS) is 1. The number of carboxylic acids is 1. The van der Waals surface area contributed by atoms with Crippen molar-refractivity contribution >= 4 is 5.97 Å². The third-order valence-corrected chi connectivity index (χ3v) is 4.01.